The monoisotopic (exact) mass is 368 g/mol. The number of phenols is 1. The van der Waals surface area contributed by atoms with Crippen LogP contribution in [0.3, 0.4) is 0 Å². The van der Waals surface area contributed by atoms with Gasteiger partial charge in [0.2, 0.25) is 11.7 Å². The maximum atomic E-state index is 12.5. The molecule has 3 aromatic rings. The summed E-state index contributed by atoms with van der Waals surface area (Å²) in [5.41, 5.74) is 0.651. The third-order valence-electron chi connectivity index (χ3n) is 4.60. The second kappa shape index (κ2) is 6.88. The van der Waals surface area contributed by atoms with Crippen molar-refractivity contribution >= 4 is 11.6 Å². The Morgan fingerprint density at radius 2 is 2.15 bits per heavy atom. The van der Waals surface area contributed by atoms with Crippen LogP contribution in [-0.4, -0.2) is 44.0 Å². The van der Waals surface area contributed by atoms with E-state index in [0.717, 1.165) is 5.76 Å². The highest BCUT2D eigenvalue weighted by Crippen LogP contribution is 2.33. The van der Waals surface area contributed by atoms with Crippen molar-refractivity contribution in [2.45, 2.75) is 25.8 Å². The van der Waals surface area contributed by atoms with E-state index in [1.807, 2.05) is 13.0 Å². The standard InChI is InChI=1S/C19H20N4O4/c1-12-5-6-16(27-12)18-20-19(23(21-18)7-8-24)13-9-17(26)22(11-13)14-3-2-4-15(25)10-14/h2-6,10,13,24-25H,7-9,11H2,1H3/t13-/m0/s1. The lowest BCUT2D eigenvalue weighted by Crippen LogP contribution is -2.24. The number of aromatic nitrogens is 3. The van der Waals surface area contributed by atoms with E-state index < -0.39 is 0 Å². The van der Waals surface area contributed by atoms with Gasteiger partial charge in [-0.15, -0.1) is 5.10 Å². The molecule has 1 atom stereocenters. The van der Waals surface area contributed by atoms with Gasteiger partial charge in [-0.25, -0.2) is 9.67 Å². The van der Waals surface area contributed by atoms with Crippen LogP contribution in [0.4, 0.5) is 5.69 Å². The predicted octanol–water partition coefficient (Wildman–Crippen LogP) is 2.06. The molecule has 2 aromatic heterocycles. The van der Waals surface area contributed by atoms with Crippen LogP contribution >= 0.6 is 0 Å². The summed E-state index contributed by atoms with van der Waals surface area (Å²) >= 11 is 0. The second-order valence-corrected chi connectivity index (χ2v) is 6.58. The lowest BCUT2D eigenvalue weighted by molar-refractivity contribution is -0.117. The van der Waals surface area contributed by atoms with Crippen LogP contribution in [0.2, 0.25) is 0 Å². The van der Waals surface area contributed by atoms with Gasteiger partial charge in [-0.1, -0.05) is 6.07 Å². The first-order chi connectivity index (χ1) is 13.0. The molecule has 2 N–H and O–H groups in total. The summed E-state index contributed by atoms with van der Waals surface area (Å²) in [5, 5.41) is 23.5. The van der Waals surface area contributed by atoms with Crippen molar-refractivity contribution in [3.05, 3.63) is 48.0 Å². The van der Waals surface area contributed by atoms with Crippen LogP contribution in [0.25, 0.3) is 11.6 Å². The minimum absolute atomic E-state index is 0.0421. The molecule has 1 fully saturated rings. The molecular formula is C19H20N4O4. The molecule has 0 bridgehead atoms. The Labute approximate surface area is 155 Å². The quantitative estimate of drug-likeness (QED) is 0.714. The first-order valence-corrected chi connectivity index (χ1v) is 8.77. The van der Waals surface area contributed by atoms with Gasteiger partial charge in [-0.05, 0) is 31.2 Å². The first-order valence-electron chi connectivity index (χ1n) is 8.77. The Bertz CT molecular complexity index is 978. The summed E-state index contributed by atoms with van der Waals surface area (Å²) in [7, 11) is 0. The van der Waals surface area contributed by atoms with E-state index in [1.54, 1.807) is 39.9 Å². The van der Waals surface area contributed by atoms with Crippen molar-refractivity contribution in [2.75, 3.05) is 18.1 Å². The zero-order valence-electron chi connectivity index (χ0n) is 14.9. The third-order valence-corrected chi connectivity index (χ3v) is 4.60. The van der Waals surface area contributed by atoms with Gasteiger partial charge in [0.05, 0.1) is 13.2 Å². The number of aryl methyl sites for hydroxylation is 1. The summed E-state index contributed by atoms with van der Waals surface area (Å²) in [5.74, 6) is 2.31. The topological polar surface area (TPSA) is 105 Å². The minimum Gasteiger partial charge on any atom is -0.508 e. The highest BCUT2D eigenvalue weighted by Gasteiger charge is 2.35. The van der Waals surface area contributed by atoms with Gasteiger partial charge >= 0.3 is 0 Å². The number of rotatable bonds is 5. The Morgan fingerprint density at radius 3 is 2.85 bits per heavy atom. The molecule has 140 valence electrons. The van der Waals surface area contributed by atoms with Gasteiger partial charge in [0.25, 0.3) is 0 Å². The van der Waals surface area contributed by atoms with E-state index in [1.165, 1.54) is 0 Å². The van der Waals surface area contributed by atoms with Crippen molar-refractivity contribution in [3.63, 3.8) is 0 Å². The van der Waals surface area contributed by atoms with E-state index in [2.05, 4.69) is 10.1 Å². The molecule has 0 spiro atoms. The van der Waals surface area contributed by atoms with Crippen molar-refractivity contribution in [1.29, 1.82) is 0 Å². The molecule has 0 radical (unpaired) electrons. The number of carbonyl (C=O) groups excluding carboxylic acids is 1. The molecule has 0 aliphatic carbocycles. The number of benzene rings is 1. The van der Waals surface area contributed by atoms with E-state index in [0.29, 0.717) is 36.2 Å². The fourth-order valence-electron chi connectivity index (χ4n) is 3.37. The Balaban J connectivity index is 1.64. The largest absolute Gasteiger partial charge is 0.508 e. The molecule has 1 aliphatic rings. The molecule has 27 heavy (non-hydrogen) atoms. The normalized spacial score (nSPS) is 17.0. The number of aliphatic hydroxyl groups excluding tert-OH is 1. The maximum Gasteiger partial charge on any atom is 0.227 e. The summed E-state index contributed by atoms with van der Waals surface area (Å²) in [4.78, 5) is 18.8. The van der Waals surface area contributed by atoms with Crippen LogP contribution in [0.15, 0.2) is 40.8 Å². The smallest absolute Gasteiger partial charge is 0.227 e. The lowest BCUT2D eigenvalue weighted by atomic mass is 10.1. The van der Waals surface area contributed by atoms with E-state index in [-0.39, 0.29) is 30.6 Å². The van der Waals surface area contributed by atoms with Gasteiger partial charge in [-0.3, -0.25) is 4.79 Å². The average Bonchev–Trinajstić information content (AvgIpc) is 3.33. The van der Waals surface area contributed by atoms with Gasteiger partial charge in [0.1, 0.15) is 17.3 Å². The Hall–Kier alpha value is -3.13. The average molecular weight is 368 g/mol. The molecule has 0 unspecified atom stereocenters. The van der Waals surface area contributed by atoms with Crippen LogP contribution in [0.5, 0.6) is 5.75 Å². The number of aliphatic hydroxyl groups is 1. The maximum absolute atomic E-state index is 12.5. The molecule has 0 saturated carbocycles. The van der Waals surface area contributed by atoms with Gasteiger partial charge in [0, 0.05) is 30.6 Å². The molecule has 1 amide bonds. The van der Waals surface area contributed by atoms with Gasteiger partial charge < -0.3 is 19.5 Å². The highest BCUT2D eigenvalue weighted by atomic mass is 16.3. The van der Waals surface area contributed by atoms with Crippen LogP contribution < -0.4 is 4.90 Å². The van der Waals surface area contributed by atoms with Crippen LogP contribution in [-0.2, 0) is 11.3 Å². The van der Waals surface area contributed by atoms with Gasteiger partial charge in [-0.2, -0.15) is 0 Å². The molecule has 1 saturated heterocycles. The third kappa shape index (κ3) is 3.31. The first kappa shape index (κ1) is 17.3. The number of anilines is 1. The van der Waals surface area contributed by atoms with Crippen molar-refractivity contribution in [3.8, 4) is 17.3 Å². The van der Waals surface area contributed by atoms with Crippen molar-refractivity contribution in [2.24, 2.45) is 0 Å². The Morgan fingerprint density at radius 1 is 1.30 bits per heavy atom. The SMILES string of the molecule is Cc1ccc(-c2nc([C@H]3CC(=O)N(c4cccc(O)c4)C3)n(CCO)n2)o1. The van der Waals surface area contributed by atoms with E-state index in [4.69, 9.17) is 4.42 Å². The molecule has 1 aliphatic heterocycles. The minimum atomic E-state index is -0.163. The van der Waals surface area contributed by atoms with E-state index in [9.17, 15) is 15.0 Å². The number of hydrogen-bond acceptors (Lipinski definition) is 6. The van der Waals surface area contributed by atoms with Gasteiger partial charge in [0.15, 0.2) is 5.76 Å². The summed E-state index contributed by atoms with van der Waals surface area (Å²) in [6.07, 6.45) is 0.288. The molecular weight excluding hydrogens is 348 g/mol. The second-order valence-electron chi connectivity index (χ2n) is 6.58. The fraction of sp³-hybridized carbons (Fsp3) is 0.316. The van der Waals surface area contributed by atoms with Crippen molar-refractivity contribution in [1.82, 2.24) is 14.8 Å². The number of amides is 1. The van der Waals surface area contributed by atoms with E-state index >= 15 is 0 Å². The zero-order chi connectivity index (χ0) is 19.0. The van der Waals surface area contributed by atoms with Crippen LogP contribution in [0, 0.1) is 6.92 Å². The number of nitrogens with zero attached hydrogens (tertiary/aromatic N) is 4. The molecule has 8 nitrogen and oxygen atoms in total. The summed E-state index contributed by atoms with van der Waals surface area (Å²) in [6, 6.07) is 10.3. The lowest BCUT2D eigenvalue weighted by Gasteiger charge is -2.17. The van der Waals surface area contributed by atoms with Crippen molar-refractivity contribution < 1.29 is 19.4 Å². The Kier molecular flexibility index (Phi) is 4.41. The number of aromatic hydroxyl groups is 1. The summed E-state index contributed by atoms with van der Waals surface area (Å²) < 4.78 is 7.23. The molecule has 3 heterocycles. The molecule has 8 heteroatoms. The summed E-state index contributed by atoms with van der Waals surface area (Å²) in [6.45, 7) is 2.49. The number of hydrogen-bond donors (Lipinski definition) is 2. The number of carbonyl (C=O) groups is 1. The number of furan rings is 1. The predicted molar refractivity (Wildman–Crippen MR) is 97.4 cm³/mol. The fourth-order valence-corrected chi connectivity index (χ4v) is 3.37. The zero-order valence-corrected chi connectivity index (χ0v) is 14.9. The number of phenolic OH excluding ortho intramolecular Hbond substituents is 1. The highest BCUT2D eigenvalue weighted by molar-refractivity contribution is 5.96. The molecule has 4 rings (SSSR count). The van der Waals surface area contributed by atoms with Crippen LogP contribution in [0.1, 0.15) is 23.9 Å². The molecule has 1 aromatic carbocycles.